The van der Waals surface area contributed by atoms with Gasteiger partial charge in [-0.2, -0.15) is 0 Å². The third kappa shape index (κ3) is 4.81. The van der Waals surface area contributed by atoms with Crippen LogP contribution in [0.3, 0.4) is 0 Å². The Morgan fingerprint density at radius 1 is 1.32 bits per heavy atom. The molecule has 2 rings (SSSR count). The van der Waals surface area contributed by atoms with E-state index in [9.17, 15) is 0 Å². The molecule has 0 spiro atoms. The van der Waals surface area contributed by atoms with E-state index in [2.05, 4.69) is 54.1 Å². The van der Waals surface area contributed by atoms with Crippen LogP contribution in [0.1, 0.15) is 25.3 Å². The fourth-order valence-corrected chi connectivity index (χ4v) is 2.69. The van der Waals surface area contributed by atoms with Gasteiger partial charge >= 0.3 is 0 Å². The number of hydrogen-bond donors (Lipinski definition) is 1. The summed E-state index contributed by atoms with van der Waals surface area (Å²) in [5.41, 5.74) is 1.45. The van der Waals surface area contributed by atoms with Crippen LogP contribution in [0.15, 0.2) is 43.0 Å². The molecule has 2 nitrogen and oxygen atoms in total. The average Bonchev–Trinajstić information content (AvgIpc) is 2.47. The van der Waals surface area contributed by atoms with Crippen LogP contribution >= 0.6 is 0 Å². The van der Waals surface area contributed by atoms with Gasteiger partial charge in [-0.15, -0.1) is 6.58 Å². The Bertz CT molecular complexity index is 366. The normalized spacial score (nSPS) is 19.2. The second kappa shape index (κ2) is 7.46. The Hall–Kier alpha value is -1.12. The summed E-state index contributed by atoms with van der Waals surface area (Å²) in [6.07, 6.45) is 5.67. The van der Waals surface area contributed by atoms with Crippen molar-refractivity contribution in [3.05, 3.63) is 48.6 Å². The lowest BCUT2D eigenvalue weighted by atomic mass is 10.0. The predicted octanol–water partition coefficient (Wildman–Crippen LogP) is 2.86. The molecule has 2 heteroatoms. The largest absolute Gasteiger partial charge is 0.308 e. The number of rotatable bonds is 6. The third-order valence-electron chi connectivity index (χ3n) is 4.00. The van der Waals surface area contributed by atoms with Crippen molar-refractivity contribution in [1.82, 2.24) is 10.2 Å². The van der Waals surface area contributed by atoms with Gasteiger partial charge in [0.1, 0.15) is 0 Å². The molecule has 0 amide bonds. The lowest BCUT2D eigenvalue weighted by Crippen LogP contribution is -2.45. The zero-order valence-corrected chi connectivity index (χ0v) is 12.0. The highest BCUT2D eigenvalue weighted by molar-refractivity contribution is 5.14. The molecule has 1 N–H and O–H groups in total. The topological polar surface area (TPSA) is 15.3 Å². The van der Waals surface area contributed by atoms with E-state index in [1.165, 1.54) is 44.5 Å². The lowest BCUT2D eigenvalue weighted by Gasteiger charge is -2.33. The molecular weight excluding hydrogens is 232 g/mol. The first-order valence-electron chi connectivity index (χ1n) is 7.43. The molecule has 1 atom stereocenters. The van der Waals surface area contributed by atoms with Gasteiger partial charge in [0.2, 0.25) is 0 Å². The second-order valence-corrected chi connectivity index (χ2v) is 5.54. The molecule has 0 radical (unpaired) electrons. The van der Waals surface area contributed by atoms with Crippen LogP contribution in [-0.4, -0.2) is 36.6 Å². The number of benzene rings is 1. The fraction of sp³-hybridized carbons (Fsp3) is 0.529. The van der Waals surface area contributed by atoms with Gasteiger partial charge in [0, 0.05) is 18.6 Å². The van der Waals surface area contributed by atoms with E-state index in [-0.39, 0.29) is 0 Å². The number of hydrogen-bond acceptors (Lipinski definition) is 2. The minimum Gasteiger partial charge on any atom is -0.308 e. The van der Waals surface area contributed by atoms with Crippen LogP contribution in [0.25, 0.3) is 0 Å². The zero-order chi connectivity index (χ0) is 13.5. The molecule has 1 aromatic rings. The number of piperidine rings is 1. The molecule has 0 aliphatic carbocycles. The monoisotopic (exact) mass is 258 g/mol. The maximum absolute atomic E-state index is 3.83. The Morgan fingerprint density at radius 3 is 2.63 bits per heavy atom. The summed E-state index contributed by atoms with van der Waals surface area (Å²) in [5, 5.41) is 3.62. The van der Waals surface area contributed by atoms with Crippen molar-refractivity contribution in [2.24, 2.45) is 0 Å². The highest BCUT2D eigenvalue weighted by Crippen LogP contribution is 2.12. The number of nitrogens with zero attached hydrogens (tertiary/aromatic N) is 1. The standard InChI is InChI=1S/C17H26N2/c1-3-15(2)18-17-10-13-19(14-11-17)12-9-16-7-5-4-6-8-16/h3-8,15,17-18H,1,9-14H2,2H3. The summed E-state index contributed by atoms with van der Waals surface area (Å²) in [5.74, 6) is 0. The quantitative estimate of drug-likeness (QED) is 0.789. The Balaban J connectivity index is 1.67. The maximum Gasteiger partial charge on any atom is 0.0221 e. The van der Waals surface area contributed by atoms with E-state index < -0.39 is 0 Å². The van der Waals surface area contributed by atoms with Gasteiger partial charge in [-0.1, -0.05) is 36.4 Å². The van der Waals surface area contributed by atoms with Crippen molar-refractivity contribution < 1.29 is 0 Å². The summed E-state index contributed by atoms with van der Waals surface area (Å²) in [7, 11) is 0. The first-order chi connectivity index (χ1) is 9.28. The van der Waals surface area contributed by atoms with E-state index >= 15 is 0 Å². The van der Waals surface area contributed by atoms with Crippen molar-refractivity contribution in [2.45, 2.75) is 38.3 Å². The van der Waals surface area contributed by atoms with Gasteiger partial charge in [0.05, 0.1) is 0 Å². The van der Waals surface area contributed by atoms with Gasteiger partial charge in [-0.3, -0.25) is 0 Å². The predicted molar refractivity (Wildman–Crippen MR) is 82.4 cm³/mol. The summed E-state index contributed by atoms with van der Waals surface area (Å²) in [4.78, 5) is 2.59. The minimum atomic E-state index is 0.431. The molecule has 0 aromatic heterocycles. The van der Waals surface area contributed by atoms with Gasteiger partial charge in [-0.05, 0) is 44.8 Å². The first kappa shape index (κ1) is 14.3. The highest BCUT2D eigenvalue weighted by atomic mass is 15.1. The zero-order valence-electron chi connectivity index (χ0n) is 12.0. The van der Waals surface area contributed by atoms with Gasteiger partial charge < -0.3 is 10.2 Å². The number of likely N-dealkylation sites (tertiary alicyclic amines) is 1. The molecule has 1 aliphatic rings. The van der Waals surface area contributed by atoms with E-state index in [4.69, 9.17) is 0 Å². The van der Waals surface area contributed by atoms with E-state index in [0.29, 0.717) is 12.1 Å². The van der Waals surface area contributed by atoms with E-state index in [0.717, 1.165) is 0 Å². The molecule has 19 heavy (non-hydrogen) atoms. The number of nitrogens with one attached hydrogen (secondary N) is 1. The van der Waals surface area contributed by atoms with Crippen molar-refractivity contribution in [1.29, 1.82) is 0 Å². The first-order valence-corrected chi connectivity index (χ1v) is 7.43. The van der Waals surface area contributed by atoms with E-state index in [1.807, 2.05) is 6.08 Å². The van der Waals surface area contributed by atoms with Crippen molar-refractivity contribution in [2.75, 3.05) is 19.6 Å². The molecule has 1 aliphatic heterocycles. The highest BCUT2D eigenvalue weighted by Gasteiger charge is 2.19. The van der Waals surface area contributed by atoms with Gasteiger partial charge in [0.15, 0.2) is 0 Å². The average molecular weight is 258 g/mol. The van der Waals surface area contributed by atoms with Crippen molar-refractivity contribution in [3.8, 4) is 0 Å². The SMILES string of the molecule is C=CC(C)NC1CCN(CCc2ccccc2)CC1. The Labute approximate surface area is 117 Å². The molecule has 0 bridgehead atoms. The molecule has 1 fully saturated rings. The van der Waals surface area contributed by atoms with Crippen LogP contribution in [0.2, 0.25) is 0 Å². The lowest BCUT2D eigenvalue weighted by molar-refractivity contribution is 0.197. The van der Waals surface area contributed by atoms with E-state index in [1.54, 1.807) is 0 Å². The fourth-order valence-electron chi connectivity index (χ4n) is 2.69. The third-order valence-corrected chi connectivity index (χ3v) is 4.00. The maximum atomic E-state index is 3.83. The van der Waals surface area contributed by atoms with Crippen LogP contribution < -0.4 is 5.32 Å². The van der Waals surface area contributed by atoms with Crippen LogP contribution in [0.5, 0.6) is 0 Å². The molecule has 0 saturated carbocycles. The molecular formula is C17H26N2. The summed E-state index contributed by atoms with van der Waals surface area (Å²) < 4.78 is 0. The summed E-state index contributed by atoms with van der Waals surface area (Å²) in [6.45, 7) is 9.63. The second-order valence-electron chi connectivity index (χ2n) is 5.54. The molecule has 1 heterocycles. The minimum absolute atomic E-state index is 0.431. The van der Waals surface area contributed by atoms with Crippen molar-refractivity contribution in [3.63, 3.8) is 0 Å². The summed E-state index contributed by atoms with van der Waals surface area (Å²) >= 11 is 0. The molecule has 104 valence electrons. The summed E-state index contributed by atoms with van der Waals surface area (Å²) in [6, 6.07) is 11.9. The van der Waals surface area contributed by atoms with Crippen molar-refractivity contribution >= 4 is 0 Å². The molecule has 1 aromatic carbocycles. The van der Waals surface area contributed by atoms with Gasteiger partial charge in [-0.25, -0.2) is 0 Å². The Morgan fingerprint density at radius 2 is 2.00 bits per heavy atom. The molecule has 1 unspecified atom stereocenters. The molecule has 1 saturated heterocycles. The van der Waals surface area contributed by atoms with Crippen LogP contribution in [-0.2, 0) is 6.42 Å². The van der Waals surface area contributed by atoms with Crippen LogP contribution in [0, 0.1) is 0 Å². The Kier molecular flexibility index (Phi) is 5.62. The van der Waals surface area contributed by atoms with Crippen LogP contribution in [0.4, 0.5) is 0 Å². The smallest absolute Gasteiger partial charge is 0.0221 e. The van der Waals surface area contributed by atoms with Gasteiger partial charge in [0.25, 0.3) is 0 Å².